The van der Waals surface area contributed by atoms with Gasteiger partial charge in [0.25, 0.3) is 0 Å². The van der Waals surface area contributed by atoms with Gasteiger partial charge < -0.3 is 15.8 Å². The molecule has 3 N–H and O–H groups in total. The van der Waals surface area contributed by atoms with Crippen LogP contribution in [0.15, 0.2) is 30.5 Å². The molecule has 0 amide bonds. The molecule has 0 aliphatic rings. The molecule has 0 saturated carbocycles. The molecule has 0 fully saturated rings. The van der Waals surface area contributed by atoms with E-state index in [1.54, 1.807) is 25.4 Å². The summed E-state index contributed by atoms with van der Waals surface area (Å²) in [5.74, 6) is 1.24. The van der Waals surface area contributed by atoms with Crippen molar-refractivity contribution < 1.29 is 4.74 Å². The van der Waals surface area contributed by atoms with Gasteiger partial charge in [-0.15, -0.1) is 0 Å². The number of nitrogens with two attached hydrogens (primary N) is 1. The van der Waals surface area contributed by atoms with E-state index in [4.69, 9.17) is 22.7 Å². The van der Waals surface area contributed by atoms with E-state index in [1.165, 1.54) is 0 Å². The van der Waals surface area contributed by atoms with Gasteiger partial charge in [-0.3, -0.25) is 0 Å². The Balaban J connectivity index is 2.24. The van der Waals surface area contributed by atoms with Crippen molar-refractivity contribution in [1.29, 1.82) is 0 Å². The fourth-order valence-corrected chi connectivity index (χ4v) is 1.72. The first-order valence-corrected chi connectivity index (χ1v) is 6.05. The van der Waals surface area contributed by atoms with E-state index >= 15 is 0 Å². The van der Waals surface area contributed by atoms with Crippen molar-refractivity contribution in [2.45, 2.75) is 6.92 Å². The zero-order valence-corrected chi connectivity index (χ0v) is 11.5. The van der Waals surface area contributed by atoms with Gasteiger partial charge >= 0.3 is 0 Å². The number of hydrogen-bond acceptors (Lipinski definition) is 5. The number of nitrogens with zero attached hydrogens (tertiary/aromatic N) is 2. The molecule has 2 rings (SSSR count). The van der Waals surface area contributed by atoms with Crippen LogP contribution in [0.2, 0.25) is 0 Å². The number of rotatable bonds is 4. The van der Waals surface area contributed by atoms with Gasteiger partial charge in [-0.1, -0.05) is 12.2 Å². The molecule has 0 bridgehead atoms. The van der Waals surface area contributed by atoms with Crippen molar-refractivity contribution in [3.63, 3.8) is 0 Å². The molecule has 0 saturated heterocycles. The molecule has 2 aromatic heterocycles. The molecule has 0 aromatic carbocycles. The van der Waals surface area contributed by atoms with Gasteiger partial charge in [0.15, 0.2) is 0 Å². The van der Waals surface area contributed by atoms with Crippen LogP contribution < -0.4 is 15.8 Å². The number of thiocarbonyl (C=S) groups is 1. The lowest BCUT2D eigenvalue weighted by atomic mass is 10.2. The molecular weight excluding hydrogens is 260 g/mol. The van der Waals surface area contributed by atoms with E-state index in [2.05, 4.69) is 15.3 Å². The maximum Gasteiger partial charge on any atom is 0.213 e. The Bertz CT molecular complexity index is 598. The highest BCUT2D eigenvalue weighted by atomic mass is 32.1. The predicted octanol–water partition coefficient (Wildman–Crippen LogP) is 2.17. The summed E-state index contributed by atoms with van der Waals surface area (Å²) < 4.78 is 5.00. The number of pyridine rings is 2. The van der Waals surface area contributed by atoms with Gasteiger partial charge in [-0.25, -0.2) is 9.97 Å². The molecule has 0 unspecified atom stereocenters. The van der Waals surface area contributed by atoms with Crippen LogP contribution in [0.5, 0.6) is 5.88 Å². The molecule has 5 nitrogen and oxygen atoms in total. The Morgan fingerprint density at radius 1 is 1.37 bits per heavy atom. The third-order valence-electron chi connectivity index (χ3n) is 2.46. The third kappa shape index (κ3) is 3.38. The second-order valence-corrected chi connectivity index (χ2v) is 4.40. The lowest BCUT2D eigenvalue weighted by Crippen LogP contribution is -2.10. The van der Waals surface area contributed by atoms with E-state index in [0.29, 0.717) is 16.7 Å². The van der Waals surface area contributed by atoms with Crippen LogP contribution >= 0.6 is 12.2 Å². The lowest BCUT2D eigenvalue weighted by Gasteiger charge is -2.08. The number of anilines is 2. The van der Waals surface area contributed by atoms with Gasteiger partial charge in [0.05, 0.1) is 19.0 Å². The van der Waals surface area contributed by atoms with Crippen LogP contribution in [0.3, 0.4) is 0 Å². The van der Waals surface area contributed by atoms with Gasteiger partial charge in [-0.2, -0.15) is 0 Å². The van der Waals surface area contributed by atoms with Gasteiger partial charge in [-0.05, 0) is 25.1 Å². The lowest BCUT2D eigenvalue weighted by molar-refractivity contribution is 0.398. The molecule has 0 atom stereocenters. The summed E-state index contributed by atoms with van der Waals surface area (Å²) >= 11 is 4.97. The number of aromatic nitrogens is 2. The number of nitrogens with one attached hydrogen (secondary N) is 1. The topological polar surface area (TPSA) is 73.1 Å². The van der Waals surface area contributed by atoms with E-state index in [-0.39, 0.29) is 0 Å². The zero-order valence-electron chi connectivity index (χ0n) is 10.7. The van der Waals surface area contributed by atoms with Gasteiger partial charge in [0.2, 0.25) is 5.88 Å². The second kappa shape index (κ2) is 5.62. The molecule has 98 valence electrons. The Hall–Kier alpha value is -2.21. The summed E-state index contributed by atoms with van der Waals surface area (Å²) in [6.45, 7) is 1.89. The number of hydrogen-bond donors (Lipinski definition) is 2. The molecule has 2 heterocycles. The van der Waals surface area contributed by atoms with Crippen molar-refractivity contribution >= 4 is 28.7 Å². The fraction of sp³-hybridized carbons (Fsp3) is 0.154. The van der Waals surface area contributed by atoms with Crippen molar-refractivity contribution in [2.24, 2.45) is 5.73 Å². The van der Waals surface area contributed by atoms with Crippen LogP contribution in [0, 0.1) is 6.92 Å². The van der Waals surface area contributed by atoms with E-state index < -0.39 is 0 Å². The first-order valence-electron chi connectivity index (χ1n) is 5.64. The first-order chi connectivity index (χ1) is 9.08. The zero-order chi connectivity index (χ0) is 13.8. The molecule has 0 radical (unpaired) electrons. The minimum atomic E-state index is 0.349. The third-order valence-corrected chi connectivity index (χ3v) is 2.69. The molecular formula is C13H14N4OS. The summed E-state index contributed by atoms with van der Waals surface area (Å²) in [7, 11) is 1.58. The second-order valence-electron chi connectivity index (χ2n) is 3.96. The van der Waals surface area contributed by atoms with Crippen molar-refractivity contribution in [3.05, 3.63) is 41.7 Å². The Kier molecular flexibility index (Phi) is 3.91. The maximum atomic E-state index is 5.63. The van der Waals surface area contributed by atoms with Gasteiger partial charge in [0.1, 0.15) is 10.8 Å². The molecule has 19 heavy (non-hydrogen) atoms. The normalized spacial score (nSPS) is 10.0. The SMILES string of the molecule is COc1ccc(Nc2cc(C(N)=S)cc(C)n2)cn1. The van der Waals surface area contributed by atoms with Crippen LogP contribution in [0.1, 0.15) is 11.3 Å². The first kappa shape index (κ1) is 13.2. The molecule has 0 aliphatic carbocycles. The summed E-state index contributed by atoms with van der Waals surface area (Å²) in [6.07, 6.45) is 1.67. The summed E-state index contributed by atoms with van der Waals surface area (Å²) in [5, 5.41) is 3.15. The van der Waals surface area contributed by atoms with Crippen LogP contribution in [-0.4, -0.2) is 22.1 Å². The van der Waals surface area contributed by atoms with Crippen molar-refractivity contribution in [2.75, 3.05) is 12.4 Å². The molecule has 0 aliphatic heterocycles. The highest BCUT2D eigenvalue weighted by molar-refractivity contribution is 7.80. The highest BCUT2D eigenvalue weighted by Gasteiger charge is 2.03. The monoisotopic (exact) mass is 274 g/mol. The average molecular weight is 274 g/mol. The fourth-order valence-electron chi connectivity index (χ4n) is 1.60. The minimum Gasteiger partial charge on any atom is -0.481 e. The number of ether oxygens (including phenoxy) is 1. The quantitative estimate of drug-likeness (QED) is 0.832. The summed E-state index contributed by atoms with van der Waals surface area (Å²) in [5.41, 5.74) is 8.07. The highest BCUT2D eigenvalue weighted by Crippen LogP contribution is 2.17. The van der Waals surface area contributed by atoms with Crippen molar-refractivity contribution in [3.8, 4) is 5.88 Å². The minimum absolute atomic E-state index is 0.349. The molecule has 0 spiro atoms. The van der Waals surface area contributed by atoms with E-state index in [9.17, 15) is 0 Å². The number of methoxy groups -OCH3 is 1. The summed E-state index contributed by atoms with van der Waals surface area (Å²) in [4.78, 5) is 8.83. The average Bonchev–Trinajstić information content (AvgIpc) is 2.39. The Morgan fingerprint density at radius 2 is 2.16 bits per heavy atom. The standard InChI is InChI=1S/C13H14N4OS/c1-8-5-9(13(14)19)6-11(16-8)17-10-3-4-12(18-2)15-7-10/h3-7H,1-2H3,(H2,14,19)(H,16,17). The van der Waals surface area contributed by atoms with Gasteiger partial charge in [0, 0.05) is 17.3 Å². The van der Waals surface area contributed by atoms with Crippen LogP contribution in [0.25, 0.3) is 0 Å². The van der Waals surface area contributed by atoms with Crippen LogP contribution in [-0.2, 0) is 0 Å². The maximum absolute atomic E-state index is 5.63. The Morgan fingerprint density at radius 3 is 2.74 bits per heavy atom. The largest absolute Gasteiger partial charge is 0.481 e. The summed E-state index contributed by atoms with van der Waals surface area (Å²) in [6, 6.07) is 7.28. The molecule has 2 aromatic rings. The van der Waals surface area contributed by atoms with Crippen molar-refractivity contribution in [1.82, 2.24) is 9.97 Å². The van der Waals surface area contributed by atoms with E-state index in [1.807, 2.05) is 19.1 Å². The smallest absolute Gasteiger partial charge is 0.213 e. The van der Waals surface area contributed by atoms with E-state index in [0.717, 1.165) is 16.9 Å². The molecule has 6 heteroatoms. The number of aryl methyl sites for hydroxylation is 1. The Labute approximate surface area is 116 Å². The predicted molar refractivity (Wildman–Crippen MR) is 78.9 cm³/mol. The van der Waals surface area contributed by atoms with Crippen LogP contribution in [0.4, 0.5) is 11.5 Å².